The van der Waals surface area contributed by atoms with Gasteiger partial charge in [-0.25, -0.2) is 4.79 Å². The van der Waals surface area contributed by atoms with Crippen LogP contribution in [0.2, 0.25) is 0 Å². The van der Waals surface area contributed by atoms with E-state index < -0.39 is 12.3 Å². The van der Waals surface area contributed by atoms with Gasteiger partial charge in [0.05, 0.1) is 6.54 Å². The normalized spacial score (nSPS) is 11.2. The lowest BCUT2D eigenvalue weighted by molar-refractivity contribution is -0.274. The van der Waals surface area contributed by atoms with E-state index in [1.54, 1.807) is 6.07 Å². The topological polar surface area (TPSA) is 75.6 Å². The number of nitrogens with one attached hydrogen (secondary N) is 1. The van der Waals surface area contributed by atoms with E-state index in [0.29, 0.717) is 12.0 Å². The predicted molar refractivity (Wildman–Crippen MR) is 84.6 cm³/mol. The Labute approximate surface area is 145 Å². The molecule has 0 saturated heterocycles. The van der Waals surface area contributed by atoms with Gasteiger partial charge in [0.25, 0.3) is 0 Å². The maximum Gasteiger partial charge on any atom is 0.573 e. The molecule has 0 aliphatic carbocycles. The molecule has 2 N–H and O–H groups in total. The van der Waals surface area contributed by atoms with Crippen molar-refractivity contribution in [2.75, 3.05) is 0 Å². The molecule has 9 heteroatoms. The average Bonchev–Trinajstić information content (AvgIpc) is 3.00. The van der Waals surface area contributed by atoms with Crippen LogP contribution in [-0.2, 0) is 17.8 Å². The molecule has 1 aromatic heterocycles. The molecule has 1 amide bonds. The minimum Gasteiger partial charge on any atom is -0.477 e. The van der Waals surface area contributed by atoms with Crippen molar-refractivity contribution in [1.29, 1.82) is 0 Å². The Kier molecular flexibility index (Phi) is 6.02. The van der Waals surface area contributed by atoms with Crippen molar-refractivity contribution in [3.63, 3.8) is 0 Å². The van der Waals surface area contributed by atoms with Crippen LogP contribution in [0.1, 0.15) is 26.5 Å². The Balaban J connectivity index is 1.76. The van der Waals surface area contributed by atoms with E-state index in [1.165, 1.54) is 30.3 Å². The number of ether oxygens (including phenoxy) is 1. The molecular weight excluding hydrogens is 359 g/mol. The van der Waals surface area contributed by atoms with Crippen molar-refractivity contribution >= 4 is 23.2 Å². The molecule has 0 fully saturated rings. The fourth-order valence-corrected chi connectivity index (χ4v) is 2.76. The Bertz CT molecular complexity index is 741. The summed E-state index contributed by atoms with van der Waals surface area (Å²) < 4.78 is 39.9. The van der Waals surface area contributed by atoms with Crippen LogP contribution in [0.25, 0.3) is 0 Å². The number of aromatic carboxylic acids is 1. The van der Waals surface area contributed by atoms with Crippen LogP contribution in [0.5, 0.6) is 5.75 Å². The van der Waals surface area contributed by atoms with Gasteiger partial charge in [0.1, 0.15) is 10.6 Å². The molecule has 0 unspecified atom stereocenters. The van der Waals surface area contributed by atoms with E-state index in [9.17, 15) is 22.8 Å². The molecule has 0 spiro atoms. The summed E-state index contributed by atoms with van der Waals surface area (Å²) in [5.74, 6) is -1.56. The summed E-state index contributed by atoms with van der Waals surface area (Å²) in [4.78, 5) is 23.5. The number of amides is 1. The second kappa shape index (κ2) is 8.02. The molecule has 134 valence electrons. The van der Waals surface area contributed by atoms with Crippen LogP contribution in [0, 0.1) is 0 Å². The highest BCUT2D eigenvalue weighted by molar-refractivity contribution is 7.13. The Hall–Kier alpha value is -2.55. The zero-order chi connectivity index (χ0) is 18.4. The van der Waals surface area contributed by atoms with E-state index in [0.717, 1.165) is 16.2 Å². The Morgan fingerprint density at radius 2 is 1.80 bits per heavy atom. The monoisotopic (exact) mass is 373 g/mol. The van der Waals surface area contributed by atoms with Gasteiger partial charge in [-0.15, -0.1) is 24.5 Å². The van der Waals surface area contributed by atoms with E-state index in [4.69, 9.17) is 5.11 Å². The summed E-state index contributed by atoms with van der Waals surface area (Å²) in [5.41, 5.74) is 0.703. The van der Waals surface area contributed by atoms with E-state index >= 15 is 0 Å². The van der Waals surface area contributed by atoms with Crippen LogP contribution >= 0.6 is 11.3 Å². The molecular formula is C16H14F3NO4S. The third-order valence-corrected chi connectivity index (χ3v) is 4.20. The fourth-order valence-electron chi connectivity index (χ4n) is 1.98. The first-order valence-corrected chi connectivity index (χ1v) is 7.98. The SMILES string of the molecule is O=C(CCc1ccc(OC(F)(F)F)cc1)NCc1ccc(C(=O)O)s1. The van der Waals surface area contributed by atoms with Crippen molar-refractivity contribution in [2.45, 2.75) is 25.7 Å². The molecule has 0 saturated carbocycles. The van der Waals surface area contributed by atoms with Gasteiger partial charge in [0, 0.05) is 11.3 Å². The summed E-state index contributed by atoms with van der Waals surface area (Å²) in [6, 6.07) is 8.42. The highest BCUT2D eigenvalue weighted by Gasteiger charge is 2.30. The maximum absolute atomic E-state index is 12.1. The first-order chi connectivity index (χ1) is 11.7. The molecule has 5 nitrogen and oxygen atoms in total. The van der Waals surface area contributed by atoms with Gasteiger partial charge in [-0.05, 0) is 36.2 Å². The predicted octanol–water partition coefficient (Wildman–Crippen LogP) is 3.59. The number of benzene rings is 1. The quantitative estimate of drug-likeness (QED) is 0.778. The van der Waals surface area contributed by atoms with Crippen molar-refractivity contribution in [2.24, 2.45) is 0 Å². The molecule has 25 heavy (non-hydrogen) atoms. The van der Waals surface area contributed by atoms with Crippen molar-refractivity contribution in [1.82, 2.24) is 5.32 Å². The number of carboxylic acids is 1. The number of hydrogen-bond acceptors (Lipinski definition) is 4. The fraction of sp³-hybridized carbons (Fsp3) is 0.250. The summed E-state index contributed by atoms with van der Waals surface area (Å²) in [5, 5.41) is 11.5. The average molecular weight is 373 g/mol. The Morgan fingerprint density at radius 1 is 1.12 bits per heavy atom. The second-order valence-electron chi connectivity index (χ2n) is 5.04. The molecule has 2 rings (SSSR count). The zero-order valence-corrected chi connectivity index (χ0v) is 13.6. The number of thiophene rings is 1. The van der Waals surface area contributed by atoms with Gasteiger partial charge < -0.3 is 15.2 Å². The lowest BCUT2D eigenvalue weighted by atomic mass is 10.1. The van der Waals surface area contributed by atoms with Crippen LogP contribution in [0.3, 0.4) is 0 Å². The van der Waals surface area contributed by atoms with E-state index in [-0.39, 0.29) is 29.5 Å². The molecule has 0 atom stereocenters. The minimum absolute atomic E-state index is 0.163. The largest absolute Gasteiger partial charge is 0.573 e. The number of rotatable bonds is 7. The molecule has 0 aliphatic heterocycles. The lowest BCUT2D eigenvalue weighted by Crippen LogP contribution is -2.22. The van der Waals surface area contributed by atoms with Gasteiger partial charge in [-0.2, -0.15) is 0 Å². The first-order valence-electron chi connectivity index (χ1n) is 7.16. The number of carbonyl (C=O) groups is 2. The van der Waals surface area contributed by atoms with Crippen LogP contribution in [0.4, 0.5) is 13.2 Å². The smallest absolute Gasteiger partial charge is 0.477 e. The summed E-state index contributed by atoms with van der Waals surface area (Å²) in [7, 11) is 0. The number of carboxylic acid groups (broad SMARTS) is 1. The Morgan fingerprint density at radius 3 is 2.36 bits per heavy atom. The van der Waals surface area contributed by atoms with E-state index in [1.807, 2.05) is 0 Å². The number of alkyl halides is 3. The number of carbonyl (C=O) groups excluding carboxylic acids is 1. The lowest BCUT2D eigenvalue weighted by Gasteiger charge is -2.09. The standard InChI is InChI=1S/C16H14F3NO4S/c17-16(18,19)24-11-4-1-10(2-5-11)3-8-14(21)20-9-12-6-7-13(25-12)15(22)23/h1-2,4-7H,3,8-9H2,(H,20,21)(H,22,23). The maximum atomic E-state index is 12.1. The third-order valence-electron chi connectivity index (χ3n) is 3.13. The van der Waals surface area contributed by atoms with Crippen LogP contribution < -0.4 is 10.1 Å². The third kappa shape index (κ3) is 6.46. The minimum atomic E-state index is -4.73. The highest BCUT2D eigenvalue weighted by Crippen LogP contribution is 2.23. The van der Waals surface area contributed by atoms with Gasteiger partial charge in [-0.3, -0.25) is 4.79 Å². The van der Waals surface area contributed by atoms with Gasteiger partial charge in [0.2, 0.25) is 5.91 Å². The highest BCUT2D eigenvalue weighted by atomic mass is 32.1. The molecule has 0 bridgehead atoms. The summed E-state index contributed by atoms with van der Waals surface area (Å²) in [6.07, 6.45) is -4.21. The van der Waals surface area contributed by atoms with E-state index in [2.05, 4.69) is 10.1 Å². The molecule has 0 aliphatic rings. The number of halogens is 3. The second-order valence-corrected chi connectivity index (χ2v) is 6.21. The van der Waals surface area contributed by atoms with Gasteiger partial charge >= 0.3 is 12.3 Å². The molecule has 1 heterocycles. The van der Waals surface area contributed by atoms with Crippen molar-refractivity contribution in [3.05, 3.63) is 51.7 Å². The van der Waals surface area contributed by atoms with Gasteiger partial charge in [0.15, 0.2) is 0 Å². The van der Waals surface area contributed by atoms with Gasteiger partial charge in [-0.1, -0.05) is 12.1 Å². The summed E-state index contributed by atoms with van der Waals surface area (Å²) >= 11 is 1.08. The summed E-state index contributed by atoms with van der Waals surface area (Å²) in [6.45, 7) is 0.231. The molecule has 1 aromatic carbocycles. The van der Waals surface area contributed by atoms with Crippen LogP contribution in [-0.4, -0.2) is 23.3 Å². The molecule has 0 radical (unpaired) electrons. The number of aryl methyl sites for hydroxylation is 1. The number of hydrogen-bond donors (Lipinski definition) is 2. The first kappa shape index (κ1) is 18.8. The van der Waals surface area contributed by atoms with Crippen LogP contribution in [0.15, 0.2) is 36.4 Å². The van der Waals surface area contributed by atoms with Crippen molar-refractivity contribution in [3.8, 4) is 5.75 Å². The molecule has 2 aromatic rings. The zero-order valence-electron chi connectivity index (χ0n) is 12.8. The van der Waals surface area contributed by atoms with Crippen molar-refractivity contribution < 1.29 is 32.6 Å².